The highest BCUT2D eigenvalue weighted by atomic mass is 32.2. The van der Waals surface area contributed by atoms with Crippen molar-refractivity contribution in [3.8, 4) is 0 Å². The Hall–Kier alpha value is -2.57. The molecule has 1 N–H and O–H groups in total. The molecule has 0 saturated carbocycles. The zero-order valence-electron chi connectivity index (χ0n) is 19.4. The lowest BCUT2D eigenvalue weighted by atomic mass is 9.92. The molecule has 0 radical (unpaired) electrons. The zero-order chi connectivity index (χ0) is 24.8. The number of nitrogens with one attached hydrogen (secondary N) is 1. The van der Waals surface area contributed by atoms with E-state index >= 15 is 0 Å². The van der Waals surface area contributed by atoms with Crippen LogP contribution < -0.4 is 5.32 Å². The van der Waals surface area contributed by atoms with Crippen LogP contribution in [0.5, 0.6) is 0 Å². The number of hydrogen-bond acceptors (Lipinski definition) is 7. The third kappa shape index (κ3) is 5.39. The summed E-state index contributed by atoms with van der Waals surface area (Å²) in [6.45, 7) is 6.26. The number of hydrogen-bond donors (Lipinski definition) is 1. The molecule has 2 aromatic rings. The fourth-order valence-corrected chi connectivity index (χ4v) is 4.85. The van der Waals surface area contributed by atoms with Crippen molar-refractivity contribution in [1.82, 2.24) is 19.4 Å². The second-order valence-corrected chi connectivity index (χ2v) is 11.5. The van der Waals surface area contributed by atoms with E-state index in [0.717, 1.165) is 34.1 Å². The third-order valence-corrected chi connectivity index (χ3v) is 6.63. The maximum Gasteiger partial charge on any atom is 0.407 e. The highest BCUT2D eigenvalue weighted by Gasteiger charge is 2.40. The van der Waals surface area contributed by atoms with Crippen LogP contribution in [0.15, 0.2) is 24.4 Å². The van der Waals surface area contributed by atoms with Crippen LogP contribution >= 0.6 is 0 Å². The Kier molecular flexibility index (Phi) is 6.42. The average Bonchev–Trinajstić information content (AvgIpc) is 3.28. The first-order valence-electron chi connectivity index (χ1n) is 10.9. The van der Waals surface area contributed by atoms with Crippen molar-refractivity contribution >= 4 is 16.1 Å². The molecule has 12 heteroatoms. The minimum absolute atomic E-state index is 0.0219. The van der Waals surface area contributed by atoms with E-state index in [0.29, 0.717) is 25.2 Å². The molecule has 0 aliphatic carbocycles. The van der Waals surface area contributed by atoms with Crippen molar-refractivity contribution in [3.63, 3.8) is 0 Å². The highest BCUT2D eigenvalue weighted by Crippen LogP contribution is 2.35. The Morgan fingerprint density at radius 3 is 2.65 bits per heavy atom. The summed E-state index contributed by atoms with van der Waals surface area (Å²) in [5.41, 5.74) is 0.732. The van der Waals surface area contributed by atoms with Gasteiger partial charge in [-0.05, 0) is 45.4 Å². The molecule has 1 aromatic heterocycles. The first-order chi connectivity index (χ1) is 15.8. The van der Waals surface area contributed by atoms with Crippen LogP contribution in [0.4, 0.5) is 13.6 Å². The summed E-state index contributed by atoms with van der Waals surface area (Å²) >= 11 is 0. The summed E-state index contributed by atoms with van der Waals surface area (Å²) in [7, 11) is -3.47. The predicted octanol–water partition coefficient (Wildman–Crippen LogP) is 2.71. The molecule has 34 heavy (non-hydrogen) atoms. The van der Waals surface area contributed by atoms with Crippen LogP contribution in [-0.4, -0.2) is 59.1 Å². The molecule has 2 aliphatic heterocycles. The Balaban J connectivity index is 1.53. The molecule has 1 saturated heterocycles. The molecule has 1 fully saturated rings. The van der Waals surface area contributed by atoms with Gasteiger partial charge in [0.2, 0.25) is 0 Å². The monoisotopic (exact) mass is 498 g/mol. The largest absolute Gasteiger partial charge is 0.444 e. The fourth-order valence-electron chi connectivity index (χ4n) is 4.28. The number of aromatic nitrogens is 2. The molecule has 186 valence electrons. The average molecular weight is 499 g/mol. The van der Waals surface area contributed by atoms with Crippen molar-refractivity contribution < 1.29 is 31.5 Å². The van der Waals surface area contributed by atoms with Gasteiger partial charge in [-0.15, -0.1) is 0 Å². The van der Waals surface area contributed by atoms with E-state index in [9.17, 15) is 22.0 Å². The molecule has 3 heterocycles. The van der Waals surface area contributed by atoms with Crippen molar-refractivity contribution in [3.05, 3.63) is 52.9 Å². The van der Waals surface area contributed by atoms with Crippen molar-refractivity contribution in [2.45, 2.75) is 64.1 Å². The number of benzene rings is 1. The molecule has 1 amide bonds. The van der Waals surface area contributed by atoms with Gasteiger partial charge in [-0.3, -0.25) is 4.90 Å². The second kappa shape index (κ2) is 8.90. The Morgan fingerprint density at radius 1 is 1.26 bits per heavy atom. The van der Waals surface area contributed by atoms with Crippen molar-refractivity contribution in [2.24, 2.45) is 0 Å². The third-order valence-electron chi connectivity index (χ3n) is 5.77. The van der Waals surface area contributed by atoms with Gasteiger partial charge in [-0.25, -0.2) is 22.0 Å². The molecule has 0 bridgehead atoms. The summed E-state index contributed by atoms with van der Waals surface area (Å²) in [5.74, 6) is -1.23. The number of rotatable bonds is 4. The number of amides is 1. The van der Waals surface area contributed by atoms with E-state index in [4.69, 9.17) is 9.47 Å². The smallest absolute Gasteiger partial charge is 0.407 e. The summed E-state index contributed by atoms with van der Waals surface area (Å²) in [6.07, 6.45) is 1.38. The Morgan fingerprint density at radius 2 is 2.00 bits per heavy atom. The van der Waals surface area contributed by atoms with Crippen LogP contribution in [-0.2, 0) is 32.6 Å². The van der Waals surface area contributed by atoms with Crippen LogP contribution in [0, 0.1) is 11.6 Å². The van der Waals surface area contributed by atoms with Crippen LogP contribution in [0.1, 0.15) is 50.1 Å². The number of carbonyl (C=O) groups is 1. The minimum atomic E-state index is -3.47. The quantitative estimate of drug-likeness (QED) is 0.692. The standard InChI is InChI=1S/C22H28F2N4O5S/c1-22(2,3)33-21(29)25-18-8-15(12-32-20(18)16-7-14(23)5-6-17(16)24)27-9-13-10-28(34(4,30)31)26-19(13)11-27/h5-7,10,15,18,20H,8-9,11-12H2,1-4H3,(H,25,29)/t15?,18-,20+/m0/s1. The molecule has 4 rings (SSSR count). The molecule has 1 aromatic carbocycles. The number of fused-ring (bicyclic) bond motifs is 1. The maximum atomic E-state index is 14.5. The first kappa shape index (κ1) is 24.6. The predicted molar refractivity (Wildman–Crippen MR) is 118 cm³/mol. The molecule has 1 unspecified atom stereocenters. The summed E-state index contributed by atoms with van der Waals surface area (Å²) < 4.78 is 64.2. The molecular formula is C22H28F2N4O5S. The summed E-state index contributed by atoms with van der Waals surface area (Å²) in [4.78, 5) is 14.6. The van der Waals surface area contributed by atoms with Gasteiger partial charge < -0.3 is 14.8 Å². The number of halogens is 2. The maximum absolute atomic E-state index is 14.5. The number of alkyl carbamates (subject to hydrolysis) is 1. The molecule has 3 atom stereocenters. The fraction of sp³-hybridized carbons (Fsp3) is 0.545. The highest BCUT2D eigenvalue weighted by molar-refractivity contribution is 7.89. The van der Waals surface area contributed by atoms with Gasteiger partial charge in [0.05, 0.1) is 24.6 Å². The SMILES string of the molecule is CC(C)(C)OC(=O)N[C@H]1CC(N2Cc3cn(S(C)(=O)=O)nc3C2)CO[C@@H]1c1cc(F)ccc1F. The molecule has 9 nitrogen and oxygen atoms in total. The number of carbonyl (C=O) groups excluding carboxylic acids is 1. The van der Waals surface area contributed by atoms with E-state index in [1.165, 1.54) is 6.20 Å². The van der Waals surface area contributed by atoms with Gasteiger partial charge in [0.15, 0.2) is 0 Å². The van der Waals surface area contributed by atoms with Crippen LogP contribution in [0.3, 0.4) is 0 Å². The second-order valence-electron chi connectivity index (χ2n) is 9.70. The van der Waals surface area contributed by atoms with Crippen molar-refractivity contribution in [2.75, 3.05) is 12.9 Å². The van der Waals surface area contributed by atoms with Crippen LogP contribution in [0.2, 0.25) is 0 Å². The van der Waals surface area contributed by atoms with Gasteiger partial charge in [-0.2, -0.15) is 9.19 Å². The van der Waals surface area contributed by atoms with Gasteiger partial charge >= 0.3 is 6.09 Å². The lowest BCUT2D eigenvalue weighted by molar-refractivity contribution is -0.0629. The summed E-state index contributed by atoms with van der Waals surface area (Å²) in [5, 5.41) is 6.93. The van der Waals surface area contributed by atoms with Gasteiger partial charge in [0.25, 0.3) is 10.0 Å². The van der Waals surface area contributed by atoms with Crippen molar-refractivity contribution in [1.29, 1.82) is 0 Å². The summed E-state index contributed by atoms with van der Waals surface area (Å²) in [6, 6.07) is 2.27. The van der Waals surface area contributed by atoms with Gasteiger partial charge in [-0.1, -0.05) is 0 Å². The lowest BCUT2D eigenvalue weighted by Crippen LogP contribution is -2.52. The van der Waals surface area contributed by atoms with E-state index in [-0.39, 0.29) is 18.2 Å². The number of nitrogens with zero attached hydrogens (tertiary/aromatic N) is 3. The first-order valence-corrected chi connectivity index (χ1v) is 12.7. The molecule has 2 aliphatic rings. The number of ether oxygens (including phenoxy) is 2. The van der Waals surface area contributed by atoms with E-state index in [1.54, 1.807) is 20.8 Å². The van der Waals surface area contributed by atoms with E-state index in [2.05, 4.69) is 15.3 Å². The Bertz CT molecular complexity index is 1170. The van der Waals surface area contributed by atoms with Crippen LogP contribution in [0.25, 0.3) is 0 Å². The molecular weight excluding hydrogens is 470 g/mol. The lowest BCUT2D eigenvalue weighted by Gasteiger charge is -2.40. The zero-order valence-corrected chi connectivity index (χ0v) is 20.2. The van der Waals surface area contributed by atoms with Gasteiger partial charge in [0, 0.05) is 36.5 Å². The molecule has 0 spiro atoms. The van der Waals surface area contributed by atoms with Gasteiger partial charge in [0.1, 0.15) is 23.3 Å². The topological polar surface area (TPSA) is 103 Å². The Labute approximate surface area is 197 Å². The van der Waals surface area contributed by atoms with E-state index < -0.39 is 45.5 Å². The van der Waals surface area contributed by atoms with E-state index in [1.807, 2.05) is 0 Å². The minimum Gasteiger partial charge on any atom is -0.444 e. The normalized spacial score (nSPS) is 23.5.